The van der Waals surface area contributed by atoms with Gasteiger partial charge in [-0.05, 0) is 37.5 Å². The van der Waals surface area contributed by atoms with Crippen LogP contribution >= 0.6 is 11.3 Å². The third kappa shape index (κ3) is 4.17. The summed E-state index contributed by atoms with van der Waals surface area (Å²) in [5.41, 5.74) is 0.523. The first-order valence-corrected chi connectivity index (χ1v) is 10.7. The minimum absolute atomic E-state index is 0.0582. The van der Waals surface area contributed by atoms with Crippen molar-refractivity contribution in [3.8, 4) is 0 Å². The quantitative estimate of drug-likeness (QED) is 0.836. The Hall–Kier alpha value is -1.68. The molecule has 1 fully saturated rings. The van der Waals surface area contributed by atoms with Crippen LogP contribution in [0.2, 0.25) is 0 Å². The lowest BCUT2D eigenvalue weighted by Gasteiger charge is -2.29. The second-order valence-corrected chi connectivity index (χ2v) is 9.56. The van der Waals surface area contributed by atoms with E-state index in [1.807, 2.05) is 0 Å². The van der Waals surface area contributed by atoms with Crippen LogP contribution in [0.15, 0.2) is 23.1 Å². The summed E-state index contributed by atoms with van der Waals surface area (Å²) in [6, 6.07) is 4.44. The Labute approximate surface area is 152 Å². The van der Waals surface area contributed by atoms with Crippen LogP contribution in [-0.4, -0.2) is 31.7 Å². The van der Waals surface area contributed by atoms with Crippen LogP contribution < -0.4 is 5.32 Å². The number of halogens is 3. The Morgan fingerprint density at radius 2 is 2.04 bits per heavy atom. The smallest absolute Gasteiger partial charge is 0.302 e. The number of nitrogens with zero attached hydrogens (tertiary/aromatic N) is 1. The Morgan fingerprint density at radius 1 is 1.31 bits per heavy atom. The minimum atomic E-state index is -4.28. The molecule has 5 nitrogen and oxygen atoms in total. The van der Waals surface area contributed by atoms with Crippen molar-refractivity contribution < 1.29 is 26.4 Å². The molecule has 2 atom stereocenters. The van der Waals surface area contributed by atoms with Gasteiger partial charge in [-0.25, -0.2) is 13.4 Å². The summed E-state index contributed by atoms with van der Waals surface area (Å²) >= 11 is 1.10. The first-order valence-electron chi connectivity index (χ1n) is 8.02. The van der Waals surface area contributed by atoms with Gasteiger partial charge in [0.1, 0.15) is 0 Å². The summed E-state index contributed by atoms with van der Waals surface area (Å²) < 4.78 is 62.5. The molecule has 1 amide bonds. The predicted octanol–water partition coefficient (Wildman–Crippen LogP) is 4.01. The normalized spacial score (nSPS) is 21.7. The fourth-order valence-electron chi connectivity index (χ4n) is 3.12. The van der Waals surface area contributed by atoms with Crippen molar-refractivity contribution in [3.63, 3.8) is 0 Å². The van der Waals surface area contributed by atoms with Crippen molar-refractivity contribution in [2.75, 3.05) is 11.6 Å². The zero-order chi connectivity index (χ0) is 19.1. The first kappa shape index (κ1) is 19.1. The fourth-order valence-corrected chi connectivity index (χ4v) is 4.75. The second-order valence-electron chi connectivity index (χ2n) is 6.51. The number of carbonyl (C=O) groups excluding carboxylic acids is 1. The van der Waals surface area contributed by atoms with Crippen LogP contribution in [0.1, 0.15) is 25.7 Å². The molecule has 0 aliphatic heterocycles. The molecular weight excluding hydrogens is 389 g/mol. The van der Waals surface area contributed by atoms with E-state index in [4.69, 9.17) is 0 Å². The van der Waals surface area contributed by atoms with Gasteiger partial charge in [0.15, 0.2) is 15.0 Å². The van der Waals surface area contributed by atoms with E-state index in [0.29, 0.717) is 23.1 Å². The maximum atomic E-state index is 12.9. The molecule has 1 aromatic carbocycles. The van der Waals surface area contributed by atoms with Gasteiger partial charge in [-0.1, -0.05) is 17.8 Å². The van der Waals surface area contributed by atoms with Crippen molar-refractivity contribution in [2.24, 2.45) is 11.8 Å². The number of carbonyl (C=O) groups is 1. The number of hydrogen-bond donors (Lipinski definition) is 1. The molecule has 1 aliphatic carbocycles. The lowest BCUT2D eigenvalue weighted by atomic mass is 9.80. The van der Waals surface area contributed by atoms with E-state index in [2.05, 4.69) is 10.3 Å². The summed E-state index contributed by atoms with van der Waals surface area (Å²) in [5.74, 6) is -2.62. The van der Waals surface area contributed by atoms with Crippen molar-refractivity contribution in [2.45, 2.75) is 36.8 Å². The molecule has 3 rings (SSSR count). The van der Waals surface area contributed by atoms with E-state index in [0.717, 1.165) is 17.6 Å². The molecule has 1 aromatic heterocycles. The number of alkyl halides is 3. The molecule has 2 aromatic rings. The van der Waals surface area contributed by atoms with Gasteiger partial charge in [0.05, 0.1) is 21.0 Å². The average Bonchev–Trinajstić information content (AvgIpc) is 2.94. The molecule has 1 heterocycles. The van der Waals surface area contributed by atoms with E-state index in [9.17, 15) is 26.4 Å². The molecule has 1 aliphatic rings. The number of amides is 1. The number of anilines is 1. The highest BCUT2D eigenvalue weighted by molar-refractivity contribution is 7.90. The van der Waals surface area contributed by atoms with Gasteiger partial charge < -0.3 is 5.32 Å². The predicted molar refractivity (Wildman–Crippen MR) is 92.9 cm³/mol. The van der Waals surface area contributed by atoms with E-state index >= 15 is 0 Å². The van der Waals surface area contributed by atoms with E-state index in [1.54, 1.807) is 0 Å². The topological polar surface area (TPSA) is 76.1 Å². The van der Waals surface area contributed by atoms with Gasteiger partial charge in [0, 0.05) is 12.2 Å². The lowest BCUT2D eigenvalue weighted by molar-refractivity contribution is -0.185. The summed E-state index contributed by atoms with van der Waals surface area (Å²) in [5, 5.41) is 2.84. The maximum Gasteiger partial charge on any atom is 0.391 e. The molecular formula is C16H17F3N2O3S2. The standard InChI is InChI=1S/C16H17F3N2O3S2/c1-26(23,24)11-5-6-12-13(8-11)25-15(20-12)21-14(22)9-3-2-4-10(7-9)16(17,18)19/h5-6,8-10H,2-4,7H2,1H3,(H,20,21,22)/t9-,10+/m0/s1. The third-order valence-electron chi connectivity index (χ3n) is 4.53. The van der Waals surface area contributed by atoms with Crippen LogP contribution in [0.4, 0.5) is 18.3 Å². The Bertz CT molecular complexity index is 938. The number of thiazole rings is 1. The summed E-state index contributed by atoms with van der Waals surface area (Å²) in [6.07, 6.45) is -2.56. The van der Waals surface area contributed by atoms with Gasteiger partial charge in [0.2, 0.25) is 5.91 Å². The Balaban J connectivity index is 1.75. The van der Waals surface area contributed by atoms with E-state index in [1.165, 1.54) is 18.2 Å². The molecule has 0 saturated heterocycles. The number of nitrogens with one attached hydrogen (secondary N) is 1. The zero-order valence-corrected chi connectivity index (χ0v) is 15.5. The highest BCUT2D eigenvalue weighted by atomic mass is 32.2. The summed E-state index contributed by atoms with van der Waals surface area (Å²) in [6.45, 7) is 0. The SMILES string of the molecule is CS(=O)(=O)c1ccc2nc(NC(=O)[C@H]3CCC[C@@H](C(F)(F)F)C3)sc2c1. The molecule has 26 heavy (non-hydrogen) atoms. The summed E-state index contributed by atoms with van der Waals surface area (Å²) in [4.78, 5) is 16.7. The van der Waals surface area contributed by atoms with Crippen molar-refractivity contribution in [3.05, 3.63) is 18.2 Å². The zero-order valence-electron chi connectivity index (χ0n) is 13.8. The van der Waals surface area contributed by atoms with Crippen LogP contribution in [0, 0.1) is 11.8 Å². The van der Waals surface area contributed by atoms with Crippen LogP contribution in [-0.2, 0) is 14.6 Å². The highest BCUT2D eigenvalue weighted by Gasteiger charge is 2.43. The van der Waals surface area contributed by atoms with Crippen molar-refractivity contribution >= 4 is 42.4 Å². The van der Waals surface area contributed by atoms with Crippen molar-refractivity contribution in [1.29, 1.82) is 0 Å². The number of sulfone groups is 1. The first-order chi connectivity index (χ1) is 12.0. The molecule has 142 valence electrons. The van der Waals surface area contributed by atoms with Gasteiger partial charge in [-0.3, -0.25) is 4.79 Å². The van der Waals surface area contributed by atoms with Crippen molar-refractivity contribution in [1.82, 2.24) is 4.98 Å². The number of hydrogen-bond acceptors (Lipinski definition) is 5. The molecule has 10 heteroatoms. The molecule has 0 spiro atoms. The number of rotatable bonds is 3. The summed E-state index contributed by atoms with van der Waals surface area (Å²) in [7, 11) is -3.36. The Kier molecular flexibility index (Phi) is 5.00. The number of fused-ring (bicyclic) bond motifs is 1. The second kappa shape index (κ2) is 6.80. The molecule has 0 radical (unpaired) electrons. The minimum Gasteiger partial charge on any atom is -0.302 e. The van der Waals surface area contributed by atoms with Crippen LogP contribution in [0.5, 0.6) is 0 Å². The van der Waals surface area contributed by atoms with E-state index < -0.39 is 33.8 Å². The molecule has 0 unspecified atom stereocenters. The van der Waals surface area contributed by atoms with Gasteiger partial charge in [0.25, 0.3) is 0 Å². The molecule has 0 bridgehead atoms. The fraction of sp³-hybridized carbons (Fsp3) is 0.500. The van der Waals surface area contributed by atoms with Crippen LogP contribution in [0.25, 0.3) is 10.2 Å². The monoisotopic (exact) mass is 406 g/mol. The lowest BCUT2D eigenvalue weighted by Crippen LogP contribution is -2.34. The number of aromatic nitrogens is 1. The largest absolute Gasteiger partial charge is 0.391 e. The van der Waals surface area contributed by atoms with Gasteiger partial charge in [-0.2, -0.15) is 13.2 Å². The average molecular weight is 406 g/mol. The Morgan fingerprint density at radius 3 is 2.69 bits per heavy atom. The third-order valence-corrected chi connectivity index (χ3v) is 6.57. The molecule has 1 saturated carbocycles. The number of benzene rings is 1. The van der Waals surface area contributed by atoms with Crippen LogP contribution in [0.3, 0.4) is 0 Å². The maximum absolute atomic E-state index is 12.9. The highest BCUT2D eigenvalue weighted by Crippen LogP contribution is 2.40. The molecule has 1 N–H and O–H groups in total. The van der Waals surface area contributed by atoms with Gasteiger partial charge in [-0.15, -0.1) is 0 Å². The van der Waals surface area contributed by atoms with E-state index in [-0.39, 0.29) is 22.9 Å². The van der Waals surface area contributed by atoms with Gasteiger partial charge >= 0.3 is 6.18 Å².